The van der Waals surface area contributed by atoms with Crippen molar-refractivity contribution in [2.45, 2.75) is 111 Å². The zero-order chi connectivity index (χ0) is 36.8. The number of allylic oxidation sites excluding steroid dienone is 2. The number of fused-ring (bicyclic) bond motifs is 7. The Bertz CT molecular complexity index is 1520. The molecule has 1 aromatic rings. The van der Waals surface area contributed by atoms with Gasteiger partial charge in [-0.25, -0.2) is 4.79 Å². The van der Waals surface area contributed by atoms with Crippen LogP contribution >= 0.6 is 0 Å². The molecule has 4 N–H and O–H groups in total. The summed E-state index contributed by atoms with van der Waals surface area (Å²) in [7, 11) is 0. The van der Waals surface area contributed by atoms with Crippen LogP contribution in [0.3, 0.4) is 0 Å². The molecule has 5 aliphatic carbocycles. The van der Waals surface area contributed by atoms with E-state index in [0.717, 1.165) is 44.1 Å². The van der Waals surface area contributed by atoms with Crippen LogP contribution < -0.4 is 5.32 Å². The number of nitrogens with one attached hydrogen (secondary N) is 1. The van der Waals surface area contributed by atoms with Gasteiger partial charge in [-0.1, -0.05) is 52.3 Å². The molecule has 8 unspecified atom stereocenters. The summed E-state index contributed by atoms with van der Waals surface area (Å²) in [6.07, 6.45) is 14.2. The molecular formula is C42H60N2O7. The molecule has 51 heavy (non-hydrogen) atoms. The molecular weight excluding hydrogens is 644 g/mol. The van der Waals surface area contributed by atoms with Crippen LogP contribution in [0.2, 0.25) is 0 Å². The summed E-state index contributed by atoms with van der Waals surface area (Å²) in [6, 6.07) is 7.45. The van der Waals surface area contributed by atoms with Gasteiger partial charge >= 0.3 is 17.9 Å². The molecule has 9 heteroatoms. The third-order valence-corrected chi connectivity index (χ3v) is 15.2. The van der Waals surface area contributed by atoms with Crippen molar-refractivity contribution in [3.63, 3.8) is 0 Å². The number of amides is 1. The van der Waals surface area contributed by atoms with Crippen molar-refractivity contribution in [2.24, 2.45) is 51.2 Å². The number of hydrogen-bond acceptors (Lipinski definition) is 5. The van der Waals surface area contributed by atoms with Crippen LogP contribution in [0.15, 0.2) is 30.3 Å². The van der Waals surface area contributed by atoms with E-state index in [1.165, 1.54) is 31.3 Å². The van der Waals surface area contributed by atoms with Crippen molar-refractivity contribution in [2.75, 3.05) is 26.2 Å². The molecule has 0 radical (unpaired) electrons. The molecule has 5 aliphatic rings. The molecule has 0 saturated heterocycles. The zero-order valence-corrected chi connectivity index (χ0v) is 31.2. The lowest BCUT2D eigenvalue weighted by Gasteiger charge is -2.68. The van der Waals surface area contributed by atoms with E-state index < -0.39 is 17.9 Å². The molecule has 0 aromatic heterocycles. The number of carboxylic acids is 3. The van der Waals surface area contributed by atoms with Gasteiger partial charge in [0.2, 0.25) is 5.91 Å². The van der Waals surface area contributed by atoms with Crippen molar-refractivity contribution in [3.05, 3.63) is 41.5 Å². The Hall–Kier alpha value is -3.20. The largest absolute Gasteiger partial charge is 0.481 e. The van der Waals surface area contributed by atoms with Gasteiger partial charge in [0, 0.05) is 19.6 Å². The number of carbonyl (C=O) groups is 4. The van der Waals surface area contributed by atoms with Gasteiger partial charge in [0.1, 0.15) is 0 Å². The van der Waals surface area contributed by atoms with Gasteiger partial charge < -0.3 is 25.5 Å². The predicted molar refractivity (Wildman–Crippen MR) is 196 cm³/mol. The number of carbonyl (C=O) groups excluding carboxylic acids is 1. The average molecular weight is 705 g/mol. The third-order valence-electron chi connectivity index (χ3n) is 15.2. The maximum absolute atomic E-state index is 14.1. The van der Waals surface area contributed by atoms with Crippen LogP contribution in [0.4, 0.5) is 0 Å². The van der Waals surface area contributed by atoms with Crippen LogP contribution in [0.1, 0.15) is 127 Å². The fraction of sp³-hybridized carbons (Fsp3) is 0.714. The van der Waals surface area contributed by atoms with Crippen LogP contribution in [0.25, 0.3) is 5.57 Å². The quantitative estimate of drug-likeness (QED) is 0.154. The SMILES string of the molecule is CC1(C)C(c2ccc(C(=O)O)cc2)=CCC2(C)C1CCC1(C)C3CCC4(C(=O)NCCCN(CCC(=O)O)CCC(=O)O)CCCC4C3CCC12. The molecule has 9 nitrogen and oxygen atoms in total. The summed E-state index contributed by atoms with van der Waals surface area (Å²) in [6.45, 7) is 11.7. The second-order valence-corrected chi connectivity index (χ2v) is 17.9. The molecule has 4 fully saturated rings. The number of aliphatic carboxylic acids is 2. The Morgan fingerprint density at radius 1 is 0.765 bits per heavy atom. The van der Waals surface area contributed by atoms with Gasteiger partial charge in [-0.15, -0.1) is 0 Å². The first-order valence-corrected chi connectivity index (χ1v) is 19.6. The summed E-state index contributed by atoms with van der Waals surface area (Å²) in [4.78, 5) is 49.7. The second kappa shape index (κ2) is 14.3. The first-order chi connectivity index (χ1) is 24.1. The maximum Gasteiger partial charge on any atom is 0.335 e. The first-order valence-electron chi connectivity index (χ1n) is 19.6. The van der Waals surface area contributed by atoms with Gasteiger partial charge in [0.05, 0.1) is 23.8 Å². The standard InChI is InChI=1S/C42H60N2O7/c1-39(2)30(27-8-10-28(11-9-27)37(49)50)14-20-41(4)33(39)16-21-40(3)31-15-22-42(19-5-7-32(42)29(31)12-13-34(40)41)38(51)43-23-6-24-44(25-17-35(45)46)26-18-36(47)48/h8-11,14,29,31-34H,5-7,12-13,15-26H2,1-4H3,(H,43,51)(H,45,46)(H,47,48)(H,49,50). The van der Waals surface area contributed by atoms with Crippen LogP contribution in [0, 0.1) is 51.2 Å². The third kappa shape index (κ3) is 6.77. The number of hydrogen-bond donors (Lipinski definition) is 4. The van der Waals surface area contributed by atoms with Gasteiger partial charge in [0.25, 0.3) is 0 Å². The molecule has 0 aliphatic heterocycles. The van der Waals surface area contributed by atoms with Crippen molar-refractivity contribution in [1.29, 1.82) is 0 Å². The summed E-state index contributed by atoms with van der Waals surface area (Å²) in [5.41, 5.74) is 2.94. The zero-order valence-electron chi connectivity index (χ0n) is 31.2. The highest BCUT2D eigenvalue weighted by Gasteiger charge is 2.66. The van der Waals surface area contributed by atoms with Crippen LogP contribution in [-0.2, 0) is 14.4 Å². The predicted octanol–water partition coefficient (Wildman–Crippen LogP) is 7.60. The maximum atomic E-state index is 14.1. The minimum absolute atomic E-state index is 0.0231. The molecule has 0 spiro atoms. The molecule has 4 saturated carbocycles. The lowest BCUT2D eigenvalue weighted by Crippen LogP contribution is -2.62. The van der Waals surface area contributed by atoms with Crippen LogP contribution in [0.5, 0.6) is 0 Å². The van der Waals surface area contributed by atoms with Gasteiger partial charge in [-0.05, 0) is 140 Å². The fourth-order valence-electron chi connectivity index (χ4n) is 13.0. The minimum atomic E-state index is -0.897. The van der Waals surface area contributed by atoms with Crippen LogP contribution in [-0.4, -0.2) is 70.2 Å². The van der Waals surface area contributed by atoms with E-state index in [9.17, 15) is 24.3 Å². The van der Waals surface area contributed by atoms with E-state index in [-0.39, 0.29) is 40.4 Å². The molecule has 6 rings (SSSR count). The number of rotatable bonds is 13. The Balaban J connectivity index is 1.13. The topological polar surface area (TPSA) is 144 Å². The van der Waals surface area contributed by atoms with E-state index in [1.807, 2.05) is 17.0 Å². The number of aromatic carboxylic acids is 1. The lowest BCUT2D eigenvalue weighted by molar-refractivity contribution is -0.181. The monoisotopic (exact) mass is 704 g/mol. The highest BCUT2D eigenvalue weighted by atomic mass is 16.4. The molecule has 1 aromatic carbocycles. The molecule has 0 heterocycles. The van der Waals surface area contributed by atoms with Crippen molar-refractivity contribution >= 4 is 29.4 Å². The minimum Gasteiger partial charge on any atom is -0.481 e. The van der Waals surface area contributed by atoms with E-state index in [0.29, 0.717) is 67.8 Å². The van der Waals surface area contributed by atoms with Gasteiger partial charge in [0.15, 0.2) is 0 Å². The lowest BCUT2D eigenvalue weighted by atomic mass is 9.36. The van der Waals surface area contributed by atoms with Gasteiger partial charge in [-0.2, -0.15) is 0 Å². The first kappa shape index (κ1) is 37.6. The highest BCUT2D eigenvalue weighted by molar-refractivity contribution is 5.88. The van der Waals surface area contributed by atoms with Gasteiger partial charge in [-0.3, -0.25) is 14.4 Å². The molecule has 8 atom stereocenters. The van der Waals surface area contributed by atoms with E-state index in [2.05, 4.69) is 39.1 Å². The second-order valence-electron chi connectivity index (χ2n) is 17.9. The smallest absolute Gasteiger partial charge is 0.335 e. The fourth-order valence-corrected chi connectivity index (χ4v) is 13.0. The highest BCUT2D eigenvalue weighted by Crippen LogP contribution is 2.73. The summed E-state index contributed by atoms with van der Waals surface area (Å²) >= 11 is 0. The normalized spacial score (nSPS) is 35.1. The molecule has 0 bridgehead atoms. The Kier molecular flexibility index (Phi) is 10.5. The van der Waals surface area contributed by atoms with E-state index >= 15 is 0 Å². The Morgan fingerprint density at radius 2 is 1.45 bits per heavy atom. The average Bonchev–Trinajstić information content (AvgIpc) is 3.53. The van der Waals surface area contributed by atoms with E-state index in [4.69, 9.17) is 10.2 Å². The number of nitrogens with zero attached hydrogens (tertiary/aromatic N) is 1. The number of benzene rings is 1. The van der Waals surface area contributed by atoms with E-state index in [1.54, 1.807) is 12.1 Å². The van der Waals surface area contributed by atoms with Crippen molar-refractivity contribution in [1.82, 2.24) is 10.2 Å². The van der Waals surface area contributed by atoms with Crippen molar-refractivity contribution in [3.8, 4) is 0 Å². The number of carboxylic acid groups (broad SMARTS) is 3. The molecule has 280 valence electrons. The summed E-state index contributed by atoms with van der Waals surface area (Å²) in [5, 5.41) is 31.0. The summed E-state index contributed by atoms with van der Waals surface area (Å²) in [5.74, 6) is 0.321. The van der Waals surface area contributed by atoms with Crippen molar-refractivity contribution < 1.29 is 34.5 Å². The molecule has 1 amide bonds. The summed E-state index contributed by atoms with van der Waals surface area (Å²) < 4.78 is 0. The Morgan fingerprint density at radius 3 is 2.10 bits per heavy atom. The Labute approximate surface area is 303 Å².